The van der Waals surface area contributed by atoms with E-state index in [1.54, 1.807) is 0 Å². The van der Waals surface area contributed by atoms with Gasteiger partial charge in [-0.3, -0.25) is 4.90 Å². The normalized spacial score (nSPS) is 30.3. The van der Waals surface area contributed by atoms with Gasteiger partial charge in [0.05, 0.1) is 5.56 Å². The average molecular weight is 337 g/mol. The van der Waals surface area contributed by atoms with E-state index in [0.29, 0.717) is 5.82 Å². The monoisotopic (exact) mass is 337 g/mol. The summed E-state index contributed by atoms with van der Waals surface area (Å²) in [7, 11) is 0. The van der Waals surface area contributed by atoms with Crippen LogP contribution in [0.25, 0.3) is 0 Å². The van der Waals surface area contributed by atoms with Crippen molar-refractivity contribution in [3.05, 3.63) is 36.0 Å². The van der Waals surface area contributed by atoms with Crippen molar-refractivity contribution in [2.45, 2.75) is 19.0 Å². The fraction of sp³-hybridized carbons (Fsp3) is 0.611. The van der Waals surface area contributed by atoms with Crippen molar-refractivity contribution in [2.75, 3.05) is 37.6 Å². The van der Waals surface area contributed by atoms with Gasteiger partial charge in [-0.05, 0) is 42.7 Å². The van der Waals surface area contributed by atoms with Crippen LogP contribution in [0.15, 0.2) is 30.5 Å². The Morgan fingerprint density at radius 3 is 2.38 bits per heavy atom. The van der Waals surface area contributed by atoms with Gasteiger partial charge < -0.3 is 4.90 Å². The van der Waals surface area contributed by atoms with Crippen LogP contribution in [0.2, 0.25) is 0 Å². The molecule has 0 radical (unpaired) electrons. The number of aromatic nitrogens is 1. The number of allylic oxidation sites excluding steroid dienone is 2. The molecule has 130 valence electrons. The van der Waals surface area contributed by atoms with Crippen LogP contribution in [0.5, 0.6) is 0 Å². The van der Waals surface area contributed by atoms with Crippen LogP contribution in [0.3, 0.4) is 0 Å². The standard InChI is InChI=1S/C18H22F3N3/c19-18(20,21)16-3-4-17(22-11-16)24-7-5-23(6-8-24)12-15-10-13-1-2-14(15)9-13/h1-4,11,13-15H,5-10,12H2. The second kappa shape index (κ2) is 6.06. The fourth-order valence-electron chi connectivity index (χ4n) is 4.34. The van der Waals surface area contributed by atoms with E-state index in [0.717, 1.165) is 62.7 Å². The van der Waals surface area contributed by atoms with E-state index >= 15 is 0 Å². The summed E-state index contributed by atoms with van der Waals surface area (Å²) in [5, 5.41) is 0. The first kappa shape index (κ1) is 15.9. The zero-order valence-corrected chi connectivity index (χ0v) is 13.5. The van der Waals surface area contributed by atoms with Gasteiger partial charge in [-0.15, -0.1) is 0 Å². The van der Waals surface area contributed by atoms with Crippen molar-refractivity contribution in [1.29, 1.82) is 0 Å². The molecule has 3 atom stereocenters. The molecule has 0 N–H and O–H groups in total. The van der Waals surface area contributed by atoms with E-state index in [2.05, 4.69) is 26.9 Å². The molecular formula is C18H22F3N3. The number of anilines is 1. The van der Waals surface area contributed by atoms with Crippen molar-refractivity contribution < 1.29 is 13.2 Å². The summed E-state index contributed by atoms with van der Waals surface area (Å²) >= 11 is 0. The molecular weight excluding hydrogens is 315 g/mol. The lowest BCUT2D eigenvalue weighted by molar-refractivity contribution is -0.137. The molecule has 0 aromatic carbocycles. The van der Waals surface area contributed by atoms with Crippen molar-refractivity contribution >= 4 is 5.82 Å². The summed E-state index contributed by atoms with van der Waals surface area (Å²) in [6.45, 7) is 4.73. The number of alkyl halides is 3. The number of hydrogen-bond acceptors (Lipinski definition) is 3. The van der Waals surface area contributed by atoms with Crippen molar-refractivity contribution in [3.63, 3.8) is 0 Å². The Kier molecular flexibility index (Phi) is 4.03. The summed E-state index contributed by atoms with van der Waals surface area (Å²) in [6, 6.07) is 2.61. The molecule has 2 fully saturated rings. The topological polar surface area (TPSA) is 19.4 Å². The molecule has 6 heteroatoms. The largest absolute Gasteiger partial charge is 0.417 e. The molecule has 3 nitrogen and oxygen atoms in total. The summed E-state index contributed by atoms with van der Waals surface area (Å²) in [6.07, 6.45) is 4.03. The summed E-state index contributed by atoms with van der Waals surface area (Å²) < 4.78 is 37.8. The molecule has 3 unspecified atom stereocenters. The smallest absolute Gasteiger partial charge is 0.354 e. The molecule has 2 aliphatic carbocycles. The first-order chi connectivity index (χ1) is 11.5. The highest BCUT2D eigenvalue weighted by atomic mass is 19.4. The van der Waals surface area contributed by atoms with Gasteiger partial charge in [-0.25, -0.2) is 4.98 Å². The minimum absolute atomic E-state index is 0.644. The van der Waals surface area contributed by atoms with E-state index in [1.165, 1.54) is 18.9 Å². The van der Waals surface area contributed by atoms with Crippen LogP contribution < -0.4 is 4.90 Å². The summed E-state index contributed by atoms with van der Waals surface area (Å²) in [5.41, 5.74) is -0.686. The zero-order valence-electron chi connectivity index (χ0n) is 13.5. The van der Waals surface area contributed by atoms with Gasteiger partial charge in [0.15, 0.2) is 0 Å². The van der Waals surface area contributed by atoms with Gasteiger partial charge in [-0.2, -0.15) is 13.2 Å². The van der Waals surface area contributed by atoms with Crippen LogP contribution >= 0.6 is 0 Å². The first-order valence-electron chi connectivity index (χ1n) is 8.68. The lowest BCUT2D eigenvalue weighted by Gasteiger charge is -2.37. The van der Waals surface area contributed by atoms with Crippen LogP contribution in [-0.4, -0.2) is 42.6 Å². The van der Waals surface area contributed by atoms with Gasteiger partial charge in [0.25, 0.3) is 0 Å². The molecule has 1 saturated carbocycles. The van der Waals surface area contributed by atoms with Gasteiger partial charge in [-0.1, -0.05) is 12.2 Å². The molecule has 1 aliphatic heterocycles. The zero-order chi connectivity index (χ0) is 16.7. The molecule has 1 saturated heterocycles. The lowest BCUT2D eigenvalue weighted by atomic mass is 9.93. The number of rotatable bonds is 3. The third-order valence-corrected chi connectivity index (χ3v) is 5.68. The van der Waals surface area contributed by atoms with Gasteiger partial charge in [0, 0.05) is 38.9 Å². The second-order valence-corrected chi connectivity index (χ2v) is 7.23. The maximum absolute atomic E-state index is 12.6. The van der Waals surface area contributed by atoms with E-state index in [1.807, 2.05) is 0 Å². The predicted molar refractivity (Wildman–Crippen MR) is 86.7 cm³/mol. The Bertz CT molecular complexity index is 603. The second-order valence-electron chi connectivity index (χ2n) is 7.23. The Morgan fingerprint density at radius 1 is 1.04 bits per heavy atom. The van der Waals surface area contributed by atoms with Gasteiger partial charge in [0.1, 0.15) is 5.82 Å². The Morgan fingerprint density at radius 2 is 1.83 bits per heavy atom. The minimum Gasteiger partial charge on any atom is -0.354 e. The maximum Gasteiger partial charge on any atom is 0.417 e. The summed E-state index contributed by atoms with van der Waals surface area (Å²) in [5.74, 6) is 3.00. The van der Waals surface area contributed by atoms with E-state index in [4.69, 9.17) is 0 Å². The van der Waals surface area contributed by atoms with E-state index in [9.17, 15) is 13.2 Å². The quantitative estimate of drug-likeness (QED) is 0.788. The third-order valence-electron chi connectivity index (χ3n) is 5.68. The number of halogens is 3. The molecule has 2 bridgehead atoms. The highest BCUT2D eigenvalue weighted by Crippen LogP contribution is 2.43. The number of nitrogens with zero attached hydrogens (tertiary/aromatic N) is 3. The van der Waals surface area contributed by atoms with Crippen molar-refractivity contribution in [2.24, 2.45) is 17.8 Å². The van der Waals surface area contributed by atoms with Crippen LogP contribution in [-0.2, 0) is 6.18 Å². The fourth-order valence-corrected chi connectivity index (χ4v) is 4.34. The molecule has 1 aromatic rings. The van der Waals surface area contributed by atoms with E-state index in [-0.39, 0.29) is 0 Å². The average Bonchev–Trinajstić information content (AvgIpc) is 3.18. The van der Waals surface area contributed by atoms with Crippen LogP contribution in [0, 0.1) is 17.8 Å². The third kappa shape index (κ3) is 3.16. The van der Waals surface area contributed by atoms with E-state index < -0.39 is 11.7 Å². The number of piperazine rings is 1. The Balaban J connectivity index is 1.30. The molecule has 0 spiro atoms. The Hall–Kier alpha value is -1.56. The molecule has 0 amide bonds. The van der Waals surface area contributed by atoms with Crippen molar-refractivity contribution in [3.8, 4) is 0 Å². The lowest BCUT2D eigenvalue weighted by Crippen LogP contribution is -2.48. The highest BCUT2D eigenvalue weighted by Gasteiger charge is 2.36. The maximum atomic E-state index is 12.6. The highest BCUT2D eigenvalue weighted by molar-refractivity contribution is 5.40. The molecule has 3 aliphatic rings. The molecule has 24 heavy (non-hydrogen) atoms. The minimum atomic E-state index is -4.32. The molecule has 4 rings (SSSR count). The first-order valence-corrected chi connectivity index (χ1v) is 8.68. The number of fused-ring (bicyclic) bond motifs is 2. The molecule has 2 heterocycles. The summed E-state index contributed by atoms with van der Waals surface area (Å²) in [4.78, 5) is 8.59. The SMILES string of the molecule is FC(F)(F)c1ccc(N2CCN(CC3CC4C=CC3C4)CC2)nc1. The molecule has 1 aromatic heterocycles. The Labute approximate surface area is 140 Å². The number of pyridine rings is 1. The van der Waals surface area contributed by atoms with Gasteiger partial charge >= 0.3 is 6.18 Å². The predicted octanol–water partition coefficient (Wildman–Crippen LogP) is 3.43. The van der Waals surface area contributed by atoms with Crippen molar-refractivity contribution in [1.82, 2.24) is 9.88 Å². The van der Waals surface area contributed by atoms with Crippen LogP contribution in [0.4, 0.5) is 19.0 Å². The number of hydrogen-bond donors (Lipinski definition) is 0. The van der Waals surface area contributed by atoms with Gasteiger partial charge in [0.2, 0.25) is 0 Å². The van der Waals surface area contributed by atoms with Crippen LogP contribution in [0.1, 0.15) is 18.4 Å².